The highest BCUT2D eigenvalue weighted by atomic mass is 19.4. The molecular formula is C11H13F3N2O. The molecule has 0 spiro atoms. The van der Waals surface area contributed by atoms with E-state index in [4.69, 9.17) is 0 Å². The van der Waals surface area contributed by atoms with Crippen molar-refractivity contribution in [2.24, 2.45) is 0 Å². The van der Waals surface area contributed by atoms with Gasteiger partial charge in [-0.25, -0.2) is 0 Å². The first-order valence-electron chi connectivity index (χ1n) is 5.12. The number of hydrogen-bond donors (Lipinski definition) is 2. The molecule has 2 N–H and O–H groups in total. The fourth-order valence-electron chi connectivity index (χ4n) is 1.32. The van der Waals surface area contributed by atoms with Crippen LogP contribution >= 0.6 is 0 Å². The number of alkyl halides is 3. The zero-order valence-corrected chi connectivity index (χ0v) is 9.27. The first-order valence-corrected chi connectivity index (χ1v) is 5.12. The Balaban J connectivity index is 2.74. The summed E-state index contributed by atoms with van der Waals surface area (Å²) in [6.45, 7) is 2.00. The minimum Gasteiger partial charge on any atom is -0.376 e. The van der Waals surface area contributed by atoms with Crippen molar-refractivity contribution in [3.63, 3.8) is 0 Å². The number of hydrogen-bond acceptors (Lipinski definition) is 2. The van der Waals surface area contributed by atoms with E-state index in [9.17, 15) is 18.0 Å². The number of anilines is 1. The zero-order valence-electron chi connectivity index (χ0n) is 9.27. The van der Waals surface area contributed by atoms with E-state index < -0.39 is 11.7 Å². The van der Waals surface area contributed by atoms with Gasteiger partial charge in [-0.1, -0.05) is 12.1 Å². The van der Waals surface area contributed by atoms with Gasteiger partial charge in [0.15, 0.2) is 0 Å². The lowest BCUT2D eigenvalue weighted by Gasteiger charge is -2.13. The number of carbonyl (C=O) groups is 1. The Kier molecular flexibility index (Phi) is 4.37. The van der Waals surface area contributed by atoms with Crippen molar-refractivity contribution >= 4 is 11.6 Å². The van der Waals surface area contributed by atoms with Crippen molar-refractivity contribution in [3.05, 3.63) is 29.8 Å². The fourth-order valence-corrected chi connectivity index (χ4v) is 1.32. The molecule has 3 nitrogen and oxygen atoms in total. The largest absolute Gasteiger partial charge is 0.418 e. The van der Waals surface area contributed by atoms with Gasteiger partial charge in [0.2, 0.25) is 5.91 Å². The molecule has 0 atom stereocenters. The van der Waals surface area contributed by atoms with E-state index in [0.29, 0.717) is 6.54 Å². The molecule has 6 heteroatoms. The minimum absolute atomic E-state index is 0.0914. The van der Waals surface area contributed by atoms with Crippen LogP contribution < -0.4 is 10.6 Å². The van der Waals surface area contributed by atoms with Gasteiger partial charge in [0, 0.05) is 12.2 Å². The molecule has 0 fully saturated rings. The maximum absolute atomic E-state index is 12.6. The molecule has 1 aromatic rings. The lowest BCUT2D eigenvalue weighted by atomic mass is 10.1. The second-order valence-electron chi connectivity index (χ2n) is 3.35. The summed E-state index contributed by atoms with van der Waals surface area (Å²) in [5.41, 5.74) is -0.865. The van der Waals surface area contributed by atoms with E-state index in [2.05, 4.69) is 10.6 Å². The summed E-state index contributed by atoms with van der Waals surface area (Å²) < 4.78 is 37.7. The van der Waals surface area contributed by atoms with Crippen LogP contribution in [-0.4, -0.2) is 19.0 Å². The highest BCUT2D eigenvalue weighted by molar-refractivity contribution is 5.80. The molecule has 0 aromatic heterocycles. The SMILES string of the molecule is CCNC(=O)CNc1ccccc1C(F)(F)F. The number of carbonyl (C=O) groups excluding carboxylic acids is 1. The fraction of sp³-hybridized carbons (Fsp3) is 0.364. The Morgan fingerprint density at radius 1 is 1.29 bits per heavy atom. The maximum atomic E-state index is 12.6. The van der Waals surface area contributed by atoms with Crippen LogP contribution in [0.3, 0.4) is 0 Å². The molecule has 0 aliphatic rings. The second kappa shape index (κ2) is 5.56. The summed E-state index contributed by atoms with van der Waals surface area (Å²) in [7, 11) is 0. The van der Waals surface area contributed by atoms with Crippen LogP contribution in [0.4, 0.5) is 18.9 Å². The van der Waals surface area contributed by atoms with Gasteiger partial charge in [0.25, 0.3) is 0 Å². The lowest BCUT2D eigenvalue weighted by molar-refractivity contribution is -0.137. The third-order valence-corrected chi connectivity index (χ3v) is 2.05. The zero-order chi connectivity index (χ0) is 12.9. The normalized spacial score (nSPS) is 11.1. The van der Waals surface area contributed by atoms with E-state index in [0.717, 1.165) is 6.07 Å². The Hall–Kier alpha value is -1.72. The van der Waals surface area contributed by atoms with Crippen molar-refractivity contribution in [3.8, 4) is 0 Å². The molecule has 0 aliphatic carbocycles. The summed E-state index contributed by atoms with van der Waals surface area (Å²) in [5, 5.41) is 4.96. The van der Waals surface area contributed by atoms with Crippen molar-refractivity contribution in [1.82, 2.24) is 5.32 Å². The van der Waals surface area contributed by atoms with Gasteiger partial charge in [-0.15, -0.1) is 0 Å². The van der Waals surface area contributed by atoms with E-state index in [-0.39, 0.29) is 18.1 Å². The van der Waals surface area contributed by atoms with Gasteiger partial charge in [-0.05, 0) is 19.1 Å². The predicted octanol–water partition coefficient (Wildman–Crippen LogP) is 2.25. The van der Waals surface area contributed by atoms with E-state index >= 15 is 0 Å². The third kappa shape index (κ3) is 3.97. The average molecular weight is 246 g/mol. The number of amides is 1. The Labute approximate surface area is 97.0 Å². The van der Waals surface area contributed by atoms with Crippen molar-refractivity contribution in [2.75, 3.05) is 18.4 Å². The molecular weight excluding hydrogens is 233 g/mol. The lowest BCUT2D eigenvalue weighted by Crippen LogP contribution is -2.29. The Morgan fingerprint density at radius 3 is 2.53 bits per heavy atom. The van der Waals surface area contributed by atoms with Crippen LogP contribution in [0.5, 0.6) is 0 Å². The molecule has 0 aliphatic heterocycles. The van der Waals surface area contributed by atoms with E-state index in [1.54, 1.807) is 6.92 Å². The van der Waals surface area contributed by atoms with Crippen molar-refractivity contribution in [2.45, 2.75) is 13.1 Å². The summed E-state index contributed by atoms with van der Waals surface area (Å²) in [6.07, 6.45) is -4.43. The van der Waals surface area contributed by atoms with Crippen LogP contribution in [0.25, 0.3) is 0 Å². The van der Waals surface area contributed by atoms with Crippen LogP contribution in [0.1, 0.15) is 12.5 Å². The molecule has 1 aromatic carbocycles. The number of halogens is 3. The molecule has 0 radical (unpaired) electrons. The summed E-state index contributed by atoms with van der Waals surface area (Å²) >= 11 is 0. The summed E-state index contributed by atoms with van der Waals surface area (Å²) in [5.74, 6) is -0.343. The second-order valence-corrected chi connectivity index (χ2v) is 3.35. The van der Waals surface area contributed by atoms with Crippen molar-refractivity contribution < 1.29 is 18.0 Å². The van der Waals surface area contributed by atoms with Crippen molar-refractivity contribution in [1.29, 1.82) is 0 Å². The van der Waals surface area contributed by atoms with Crippen LogP contribution in [0.2, 0.25) is 0 Å². The van der Waals surface area contributed by atoms with Gasteiger partial charge >= 0.3 is 6.18 Å². The minimum atomic E-state index is -4.43. The third-order valence-electron chi connectivity index (χ3n) is 2.05. The van der Waals surface area contributed by atoms with Gasteiger partial charge in [-0.2, -0.15) is 13.2 Å². The summed E-state index contributed by atoms with van der Waals surface area (Å²) in [4.78, 5) is 11.1. The molecule has 1 rings (SSSR count). The molecule has 0 saturated carbocycles. The number of nitrogens with one attached hydrogen (secondary N) is 2. The van der Waals surface area contributed by atoms with Crippen LogP contribution in [0, 0.1) is 0 Å². The summed E-state index contributed by atoms with van der Waals surface area (Å²) in [6, 6.07) is 5.05. The predicted molar refractivity (Wildman–Crippen MR) is 58.6 cm³/mol. The first-order chi connectivity index (χ1) is 7.95. The van der Waals surface area contributed by atoms with Gasteiger partial charge in [0.05, 0.1) is 12.1 Å². The highest BCUT2D eigenvalue weighted by Gasteiger charge is 2.33. The molecule has 1 amide bonds. The van der Waals surface area contributed by atoms with E-state index in [1.807, 2.05) is 0 Å². The molecule has 17 heavy (non-hydrogen) atoms. The molecule has 0 saturated heterocycles. The van der Waals surface area contributed by atoms with Gasteiger partial charge in [-0.3, -0.25) is 4.79 Å². The van der Waals surface area contributed by atoms with Gasteiger partial charge in [0.1, 0.15) is 0 Å². The number of benzene rings is 1. The quantitative estimate of drug-likeness (QED) is 0.855. The van der Waals surface area contributed by atoms with Crippen LogP contribution in [-0.2, 0) is 11.0 Å². The van der Waals surface area contributed by atoms with E-state index in [1.165, 1.54) is 18.2 Å². The maximum Gasteiger partial charge on any atom is 0.418 e. The molecule has 94 valence electrons. The van der Waals surface area contributed by atoms with Crippen LogP contribution in [0.15, 0.2) is 24.3 Å². The monoisotopic (exact) mass is 246 g/mol. The topological polar surface area (TPSA) is 41.1 Å². The Bertz CT molecular complexity index is 391. The standard InChI is InChI=1S/C11H13F3N2O/c1-2-15-10(17)7-16-9-6-4-3-5-8(9)11(12,13)14/h3-6,16H,2,7H2,1H3,(H,15,17). The Morgan fingerprint density at radius 2 is 1.94 bits per heavy atom. The number of rotatable bonds is 4. The average Bonchev–Trinajstić information content (AvgIpc) is 2.26. The molecule has 0 heterocycles. The highest BCUT2D eigenvalue weighted by Crippen LogP contribution is 2.34. The molecule has 0 unspecified atom stereocenters. The number of para-hydroxylation sites is 1. The number of likely N-dealkylation sites (N-methyl/N-ethyl adjacent to an activating group) is 1. The smallest absolute Gasteiger partial charge is 0.376 e. The molecule has 0 bridgehead atoms. The van der Waals surface area contributed by atoms with Gasteiger partial charge < -0.3 is 10.6 Å². The first kappa shape index (κ1) is 13.3.